The molecular formula is C17H20N2O4S2. The summed E-state index contributed by atoms with van der Waals surface area (Å²) in [4.78, 5) is 24.4. The van der Waals surface area contributed by atoms with Crippen LogP contribution in [0.3, 0.4) is 0 Å². The van der Waals surface area contributed by atoms with Crippen LogP contribution < -0.4 is 9.62 Å². The van der Waals surface area contributed by atoms with Crippen molar-refractivity contribution in [2.45, 2.75) is 13.3 Å². The van der Waals surface area contributed by atoms with E-state index in [-0.39, 0.29) is 31.2 Å². The number of nitrogens with one attached hydrogen (secondary N) is 1. The van der Waals surface area contributed by atoms with Gasteiger partial charge in [-0.3, -0.25) is 13.9 Å². The van der Waals surface area contributed by atoms with E-state index in [1.54, 1.807) is 18.2 Å². The SMILES string of the molecule is CC(=O)c1cccc(N(CCNC(=O)Cc2cccs2)S(C)(=O)=O)c1. The number of amides is 1. The largest absolute Gasteiger partial charge is 0.354 e. The third-order valence-corrected chi connectivity index (χ3v) is 5.56. The molecule has 25 heavy (non-hydrogen) atoms. The Morgan fingerprint density at radius 2 is 1.96 bits per heavy atom. The van der Waals surface area contributed by atoms with Crippen molar-refractivity contribution in [3.63, 3.8) is 0 Å². The number of hydrogen-bond acceptors (Lipinski definition) is 5. The van der Waals surface area contributed by atoms with Crippen molar-refractivity contribution in [1.29, 1.82) is 0 Å². The van der Waals surface area contributed by atoms with Crippen molar-refractivity contribution in [3.8, 4) is 0 Å². The van der Waals surface area contributed by atoms with Gasteiger partial charge in [-0.05, 0) is 30.5 Å². The Balaban J connectivity index is 2.03. The minimum absolute atomic E-state index is 0.0936. The van der Waals surface area contributed by atoms with Crippen molar-refractivity contribution >= 4 is 38.7 Å². The molecule has 0 unspecified atom stereocenters. The smallest absolute Gasteiger partial charge is 0.232 e. The molecular weight excluding hydrogens is 360 g/mol. The van der Waals surface area contributed by atoms with Crippen molar-refractivity contribution in [3.05, 3.63) is 52.2 Å². The van der Waals surface area contributed by atoms with Crippen LogP contribution in [0.15, 0.2) is 41.8 Å². The fraction of sp³-hybridized carbons (Fsp3) is 0.294. The van der Waals surface area contributed by atoms with Crippen LogP contribution in [0.1, 0.15) is 22.2 Å². The molecule has 0 bridgehead atoms. The van der Waals surface area contributed by atoms with Crippen molar-refractivity contribution in [2.75, 3.05) is 23.7 Å². The van der Waals surface area contributed by atoms with Crippen molar-refractivity contribution < 1.29 is 18.0 Å². The summed E-state index contributed by atoms with van der Waals surface area (Å²) in [7, 11) is -3.54. The molecule has 0 aliphatic rings. The topological polar surface area (TPSA) is 83.6 Å². The predicted molar refractivity (Wildman–Crippen MR) is 99.7 cm³/mol. The first kappa shape index (κ1) is 19.1. The van der Waals surface area contributed by atoms with Crippen LogP contribution in [0.5, 0.6) is 0 Å². The molecule has 0 atom stereocenters. The number of Topliss-reactive ketones (excluding diaryl/α,β-unsaturated/α-hetero) is 1. The number of sulfonamides is 1. The van der Waals surface area contributed by atoms with Crippen LogP contribution in [0.2, 0.25) is 0 Å². The molecule has 0 saturated heterocycles. The maximum Gasteiger partial charge on any atom is 0.232 e. The Hall–Kier alpha value is -2.19. The number of anilines is 1. The summed E-state index contributed by atoms with van der Waals surface area (Å²) in [6.45, 7) is 1.70. The minimum atomic E-state index is -3.54. The molecule has 1 heterocycles. The lowest BCUT2D eigenvalue weighted by Gasteiger charge is -2.23. The van der Waals surface area contributed by atoms with Gasteiger partial charge < -0.3 is 5.32 Å². The van der Waals surface area contributed by atoms with E-state index < -0.39 is 10.0 Å². The summed E-state index contributed by atoms with van der Waals surface area (Å²) in [6.07, 6.45) is 1.37. The van der Waals surface area contributed by atoms with E-state index in [9.17, 15) is 18.0 Å². The molecule has 6 nitrogen and oxygen atoms in total. The Bertz CT molecular complexity index is 845. The minimum Gasteiger partial charge on any atom is -0.354 e. The quantitative estimate of drug-likeness (QED) is 0.711. The van der Waals surface area contributed by atoms with E-state index in [1.165, 1.54) is 28.6 Å². The number of hydrogen-bond donors (Lipinski definition) is 1. The van der Waals surface area contributed by atoms with E-state index in [4.69, 9.17) is 0 Å². The molecule has 8 heteroatoms. The monoisotopic (exact) mass is 380 g/mol. The molecule has 1 N–H and O–H groups in total. The highest BCUT2D eigenvalue weighted by molar-refractivity contribution is 7.92. The third-order valence-electron chi connectivity index (χ3n) is 3.49. The standard InChI is InChI=1S/C17H20N2O4S2/c1-13(20)14-5-3-6-15(11-14)19(25(2,22)23)9-8-18-17(21)12-16-7-4-10-24-16/h3-7,10-11H,8-9,12H2,1-2H3,(H,18,21). The summed E-state index contributed by atoms with van der Waals surface area (Å²) in [6, 6.07) is 10.2. The van der Waals surface area contributed by atoms with Gasteiger partial charge in [0.1, 0.15) is 0 Å². The Morgan fingerprint density at radius 1 is 1.20 bits per heavy atom. The van der Waals surface area contributed by atoms with Gasteiger partial charge in [0.25, 0.3) is 0 Å². The van der Waals surface area contributed by atoms with Gasteiger partial charge in [-0.1, -0.05) is 18.2 Å². The van der Waals surface area contributed by atoms with Gasteiger partial charge in [0.2, 0.25) is 15.9 Å². The molecule has 0 spiro atoms. The number of carbonyl (C=O) groups is 2. The Labute approximate surface area is 151 Å². The molecule has 0 fully saturated rings. The first-order chi connectivity index (χ1) is 11.8. The fourth-order valence-electron chi connectivity index (χ4n) is 2.30. The number of nitrogens with zero attached hydrogens (tertiary/aromatic N) is 1. The van der Waals surface area contributed by atoms with Gasteiger partial charge in [-0.2, -0.15) is 0 Å². The molecule has 1 aromatic carbocycles. The molecule has 0 saturated carbocycles. The summed E-state index contributed by atoms with van der Waals surface area (Å²) < 4.78 is 25.3. The van der Waals surface area contributed by atoms with Gasteiger partial charge in [-0.15, -0.1) is 11.3 Å². The maximum atomic E-state index is 12.1. The number of carbonyl (C=O) groups excluding carboxylic acids is 2. The van der Waals surface area contributed by atoms with Gasteiger partial charge >= 0.3 is 0 Å². The van der Waals surface area contributed by atoms with Gasteiger partial charge in [-0.25, -0.2) is 8.42 Å². The average molecular weight is 380 g/mol. The Kier molecular flexibility index (Phi) is 6.33. The average Bonchev–Trinajstić information content (AvgIpc) is 3.03. The van der Waals surface area contributed by atoms with Gasteiger partial charge in [0, 0.05) is 17.0 Å². The number of rotatable bonds is 8. The highest BCUT2D eigenvalue weighted by atomic mass is 32.2. The summed E-state index contributed by atoms with van der Waals surface area (Å²) >= 11 is 1.50. The summed E-state index contributed by atoms with van der Waals surface area (Å²) in [5.41, 5.74) is 0.843. The van der Waals surface area contributed by atoms with Crippen LogP contribution in [0.25, 0.3) is 0 Å². The molecule has 1 aromatic heterocycles. The van der Waals surface area contributed by atoms with E-state index in [0.717, 1.165) is 11.1 Å². The number of thiophene rings is 1. The van der Waals surface area contributed by atoms with Crippen molar-refractivity contribution in [2.24, 2.45) is 0 Å². The van der Waals surface area contributed by atoms with E-state index in [1.807, 2.05) is 17.5 Å². The Morgan fingerprint density at radius 3 is 2.56 bits per heavy atom. The van der Waals surface area contributed by atoms with Crippen LogP contribution in [0, 0.1) is 0 Å². The number of benzene rings is 1. The van der Waals surface area contributed by atoms with Crippen LogP contribution in [-0.4, -0.2) is 39.5 Å². The second-order valence-corrected chi connectivity index (χ2v) is 8.49. The zero-order chi connectivity index (χ0) is 18.4. The normalized spacial score (nSPS) is 11.1. The highest BCUT2D eigenvalue weighted by Crippen LogP contribution is 2.19. The van der Waals surface area contributed by atoms with Crippen molar-refractivity contribution in [1.82, 2.24) is 5.32 Å². The first-order valence-corrected chi connectivity index (χ1v) is 10.4. The van der Waals surface area contributed by atoms with E-state index in [0.29, 0.717) is 11.3 Å². The predicted octanol–water partition coefficient (Wildman–Crippen LogP) is 2.08. The van der Waals surface area contributed by atoms with E-state index >= 15 is 0 Å². The molecule has 0 radical (unpaired) electrons. The van der Waals surface area contributed by atoms with Crippen LogP contribution in [0.4, 0.5) is 5.69 Å². The molecule has 0 aliphatic carbocycles. The zero-order valence-corrected chi connectivity index (χ0v) is 15.7. The fourth-order valence-corrected chi connectivity index (χ4v) is 3.92. The lowest BCUT2D eigenvalue weighted by Crippen LogP contribution is -2.38. The zero-order valence-electron chi connectivity index (χ0n) is 14.1. The lowest BCUT2D eigenvalue weighted by atomic mass is 10.1. The molecule has 134 valence electrons. The first-order valence-electron chi connectivity index (χ1n) is 7.65. The van der Waals surface area contributed by atoms with Gasteiger partial charge in [0.05, 0.1) is 24.9 Å². The second-order valence-electron chi connectivity index (χ2n) is 5.55. The summed E-state index contributed by atoms with van der Waals surface area (Å²) in [5.74, 6) is -0.298. The molecule has 2 aromatic rings. The molecule has 0 aliphatic heterocycles. The maximum absolute atomic E-state index is 12.1. The van der Waals surface area contributed by atoms with Crippen LogP contribution >= 0.6 is 11.3 Å². The number of ketones is 1. The highest BCUT2D eigenvalue weighted by Gasteiger charge is 2.18. The lowest BCUT2D eigenvalue weighted by molar-refractivity contribution is -0.120. The van der Waals surface area contributed by atoms with Crippen LogP contribution in [-0.2, 0) is 21.2 Å². The third kappa shape index (κ3) is 5.68. The summed E-state index contributed by atoms with van der Waals surface area (Å²) in [5, 5.41) is 4.62. The van der Waals surface area contributed by atoms with E-state index in [2.05, 4.69) is 5.32 Å². The molecule has 2 rings (SSSR count). The molecule has 1 amide bonds. The van der Waals surface area contributed by atoms with Gasteiger partial charge in [0.15, 0.2) is 5.78 Å². The second kappa shape index (κ2) is 8.26.